The van der Waals surface area contributed by atoms with Crippen molar-refractivity contribution in [1.29, 1.82) is 0 Å². The van der Waals surface area contributed by atoms with Gasteiger partial charge in [0.05, 0.1) is 0 Å². The lowest BCUT2D eigenvalue weighted by Gasteiger charge is -1.93. The molecule has 0 spiro atoms. The van der Waals surface area contributed by atoms with Gasteiger partial charge in [-0.05, 0) is 13.2 Å². The number of thioether (sulfide) groups is 1. The fraction of sp³-hybridized carbons (Fsp3) is 0.750. The van der Waals surface area contributed by atoms with Crippen LogP contribution in [0.2, 0.25) is 0 Å². The lowest BCUT2D eigenvalue weighted by molar-refractivity contribution is -0.142. The first kappa shape index (κ1) is 6.82. The van der Waals surface area contributed by atoms with Gasteiger partial charge < -0.3 is 0 Å². The van der Waals surface area contributed by atoms with Crippen LogP contribution in [-0.2, 0) is 9.90 Å². The summed E-state index contributed by atoms with van der Waals surface area (Å²) in [6, 6.07) is 0. The van der Waals surface area contributed by atoms with Gasteiger partial charge in [-0.3, -0.25) is 0 Å². The maximum atomic E-state index is 9.80. The van der Waals surface area contributed by atoms with Crippen LogP contribution in [0.1, 0.15) is 6.92 Å². The summed E-state index contributed by atoms with van der Waals surface area (Å²) >= 11 is 1.27. The third kappa shape index (κ3) is 2.51. The van der Waals surface area contributed by atoms with E-state index in [1.54, 1.807) is 13.2 Å². The molecule has 41 valence electrons. The van der Waals surface area contributed by atoms with Gasteiger partial charge in [0.1, 0.15) is 5.25 Å². The van der Waals surface area contributed by atoms with E-state index >= 15 is 0 Å². The lowest BCUT2D eigenvalue weighted by Crippen LogP contribution is -2.08. The fourth-order valence-corrected chi connectivity index (χ4v) is 0.289. The maximum Gasteiger partial charge on any atom is 0.368 e. The first-order valence-electron chi connectivity index (χ1n) is 1.92. The number of hydrogen-bond acceptors (Lipinski definition) is 2. The molecule has 7 heavy (non-hydrogen) atoms. The molecule has 0 aliphatic carbocycles. The summed E-state index contributed by atoms with van der Waals surface area (Å²) in [6.07, 6.45) is 1.74. The Balaban J connectivity index is 3.34. The molecule has 0 saturated carbocycles. The van der Waals surface area contributed by atoms with Gasteiger partial charge in [0, 0.05) is 0 Å². The van der Waals surface area contributed by atoms with E-state index in [0.29, 0.717) is 0 Å². The SMILES string of the molecule is CSC(C)C([O])=O. The monoisotopic (exact) mass is 119 g/mol. The molecule has 0 aliphatic rings. The average molecular weight is 119 g/mol. The molecule has 1 atom stereocenters. The van der Waals surface area contributed by atoms with Crippen LogP contribution in [0.3, 0.4) is 0 Å². The molecule has 1 radical (unpaired) electrons. The van der Waals surface area contributed by atoms with Gasteiger partial charge in [-0.1, -0.05) is 0 Å². The highest BCUT2D eigenvalue weighted by Gasteiger charge is 2.08. The van der Waals surface area contributed by atoms with E-state index in [-0.39, 0.29) is 5.25 Å². The minimum atomic E-state index is -0.993. The molecular formula is C4H7O2S. The number of carbonyl (C=O) groups is 1. The molecule has 0 N–H and O–H groups in total. The molecule has 2 nitrogen and oxygen atoms in total. The molecule has 1 unspecified atom stereocenters. The third-order valence-corrected chi connectivity index (χ3v) is 1.59. The Kier molecular flexibility index (Phi) is 2.83. The molecule has 0 heterocycles. The van der Waals surface area contributed by atoms with Crippen LogP contribution < -0.4 is 0 Å². The fourth-order valence-electron chi connectivity index (χ4n) is 0.0962. The molecule has 0 fully saturated rings. The van der Waals surface area contributed by atoms with E-state index in [9.17, 15) is 9.90 Å². The van der Waals surface area contributed by atoms with Crippen molar-refractivity contribution in [3.8, 4) is 0 Å². The zero-order valence-corrected chi connectivity index (χ0v) is 5.12. The minimum Gasteiger partial charge on any atom is -0.246 e. The number of hydrogen-bond donors (Lipinski definition) is 0. The molecule has 0 rings (SSSR count). The van der Waals surface area contributed by atoms with Gasteiger partial charge in [-0.2, -0.15) is 11.8 Å². The number of carbonyl (C=O) groups excluding carboxylic acids is 1. The summed E-state index contributed by atoms with van der Waals surface area (Å²) in [5.41, 5.74) is 0. The zero-order chi connectivity index (χ0) is 5.86. The second kappa shape index (κ2) is 2.91. The van der Waals surface area contributed by atoms with Crippen molar-refractivity contribution in [2.75, 3.05) is 6.26 Å². The van der Waals surface area contributed by atoms with Crippen LogP contribution in [0.4, 0.5) is 0 Å². The summed E-state index contributed by atoms with van der Waals surface area (Å²) in [5, 5.41) is 9.42. The lowest BCUT2D eigenvalue weighted by atomic mass is 10.5. The molecular weight excluding hydrogens is 112 g/mol. The highest BCUT2D eigenvalue weighted by molar-refractivity contribution is 7.99. The van der Waals surface area contributed by atoms with E-state index in [2.05, 4.69) is 0 Å². The standard InChI is InChI=1S/C4H7O2S/c1-3(7-2)4(5)6/h3H,1-2H3. The van der Waals surface area contributed by atoms with Crippen LogP contribution >= 0.6 is 11.8 Å². The van der Waals surface area contributed by atoms with Crippen LogP contribution in [0.5, 0.6) is 0 Å². The summed E-state index contributed by atoms with van der Waals surface area (Å²) in [5.74, 6) is -0.993. The van der Waals surface area contributed by atoms with Crippen molar-refractivity contribution in [3.05, 3.63) is 0 Å². The van der Waals surface area contributed by atoms with Gasteiger partial charge in [0.25, 0.3) is 0 Å². The summed E-state index contributed by atoms with van der Waals surface area (Å²) in [4.78, 5) is 9.80. The molecule has 0 saturated heterocycles. The highest BCUT2D eigenvalue weighted by atomic mass is 32.2. The third-order valence-electron chi connectivity index (χ3n) is 0.685. The van der Waals surface area contributed by atoms with E-state index in [1.165, 1.54) is 11.8 Å². The summed E-state index contributed by atoms with van der Waals surface area (Å²) in [7, 11) is 0. The van der Waals surface area contributed by atoms with Gasteiger partial charge >= 0.3 is 5.97 Å². The maximum absolute atomic E-state index is 9.80. The van der Waals surface area contributed by atoms with Crippen molar-refractivity contribution in [1.82, 2.24) is 0 Å². The Morgan fingerprint density at radius 3 is 2.14 bits per heavy atom. The van der Waals surface area contributed by atoms with Crippen molar-refractivity contribution in [2.24, 2.45) is 0 Å². The number of rotatable bonds is 2. The van der Waals surface area contributed by atoms with Gasteiger partial charge in [0.2, 0.25) is 0 Å². The van der Waals surface area contributed by atoms with E-state index in [1.807, 2.05) is 0 Å². The second-order valence-electron chi connectivity index (χ2n) is 1.20. The van der Waals surface area contributed by atoms with Crippen molar-refractivity contribution in [2.45, 2.75) is 12.2 Å². The molecule has 0 aliphatic heterocycles. The van der Waals surface area contributed by atoms with Crippen molar-refractivity contribution < 1.29 is 9.90 Å². The van der Waals surface area contributed by atoms with Crippen LogP contribution in [0.25, 0.3) is 0 Å². The van der Waals surface area contributed by atoms with Crippen molar-refractivity contribution in [3.63, 3.8) is 0 Å². The quantitative estimate of drug-likeness (QED) is 0.536. The highest BCUT2D eigenvalue weighted by Crippen LogP contribution is 2.03. The normalized spacial score (nSPS) is 13.4. The van der Waals surface area contributed by atoms with Gasteiger partial charge in [-0.25, -0.2) is 9.90 Å². The molecule has 0 aromatic heterocycles. The van der Waals surface area contributed by atoms with E-state index < -0.39 is 5.97 Å². The zero-order valence-electron chi connectivity index (χ0n) is 4.30. The van der Waals surface area contributed by atoms with Crippen LogP contribution in [0, 0.1) is 0 Å². The van der Waals surface area contributed by atoms with E-state index in [0.717, 1.165) is 0 Å². The topological polar surface area (TPSA) is 37.0 Å². The molecule has 0 aromatic carbocycles. The Morgan fingerprint density at radius 1 is 1.71 bits per heavy atom. The second-order valence-corrected chi connectivity index (χ2v) is 2.38. The summed E-state index contributed by atoms with van der Waals surface area (Å²) < 4.78 is 0. The average Bonchev–Trinajstić information content (AvgIpc) is 1.65. The molecule has 3 heteroatoms. The molecule has 0 bridgehead atoms. The van der Waals surface area contributed by atoms with E-state index in [4.69, 9.17) is 0 Å². The Hall–Kier alpha value is -0.180. The Morgan fingerprint density at radius 2 is 2.14 bits per heavy atom. The Bertz CT molecular complexity index is 72.1. The van der Waals surface area contributed by atoms with Crippen molar-refractivity contribution >= 4 is 17.7 Å². The predicted molar refractivity (Wildman–Crippen MR) is 28.7 cm³/mol. The first-order chi connectivity index (χ1) is 3.18. The summed E-state index contributed by atoms with van der Waals surface area (Å²) in [6.45, 7) is 1.60. The van der Waals surface area contributed by atoms with Crippen LogP contribution in [-0.4, -0.2) is 17.5 Å². The molecule has 0 aromatic rings. The Labute approximate surface area is 46.9 Å². The largest absolute Gasteiger partial charge is 0.368 e. The predicted octanol–water partition coefficient (Wildman–Crippen LogP) is 0.695. The van der Waals surface area contributed by atoms with Gasteiger partial charge in [-0.15, -0.1) is 0 Å². The van der Waals surface area contributed by atoms with Gasteiger partial charge in [0.15, 0.2) is 0 Å². The minimum absolute atomic E-state index is 0.375. The molecule has 0 amide bonds. The first-order valence-corrected chi connectivity index (χ1v) is 3.21. The smallest absolute Gasteiger partial charge is 0.246 e. The van der Waals surface area contributed by atoms with Crippen LogP contribution in [0.15, 0.2) is 0 Å².